The lowest BCUT2D eigenvalue weighted by Crippen LogP contribution is -2.45. The second kappa shape index (κ2) is 8.86. The van der Waals surface area contributed by atoms with E-state index in [-0.39, 0.29) is 36.0 Å². The maximum atomic E-state index is 12.8. The predicted octanol–water partition coefficient (Wildman–Crippen LogP) is 3.06. The minimum absolute atomic E-state index is 0.0199. The summed E-state index contributed by atoms with van der Waals surface area (Å²) in [6.07, 6.45) is 0.434. The molecule has 1 aliphatic rings. The van der Waals surface area contributed by atoms with Crippen LogP contribution in [0.3, 0.4) is 0 Å². The number of rotatable bonds is 6. The summed E-state index contributed by atoms with van der Waals surface area (Å²) in [6, 6.07) is -0.346. The van der Waals surface area contributed by atoms with Crippen molar-refractivity contribution in [3.8, 4) is 0 Å². The van der Waals surface area contributed by atoms with Crippen LogP contribution in [0.1, 0.15) is 58.4 Å². The highest BCUT2D eigenvalue weighted by Crippen LogP contribution is 2.27. The summed E-state index contributed by atoms with van der Waals surface area (Å²) >= 11 is 0. The SMILES string of the molecule is Cc1c(C)c(C)c(C(=O)OCC(=O)N(CC(C)C)[C@@H]2CCS(=O)(=O)C2)c(C)c1C. The van der Waals surface area contributed by atoms with E-state index in [9.17, 15) is 18.0 Å². The molecule has 1 heterocycles. The van der Waals surface area contributed by atoms with E-state index in [1.807, 2.05) is 48.5 Å². The van der Waals surface area contributed by atoms with Gasteiger partial charge in [0.2, 0.25) is 0 Å². The largest absolute Gasteiger partial charge is 0.452 e. The zero-order chi connectivity index (χ0) is 22.1. The first-order valence-corrected chi connectivity index (χ1v) is 11.9. The summed E-state index contributed by atoms with van der Waals surface area (Å²) in [5, 5.41) is 0. The molecule has 162 valence electrons. The standard InChI is InChI=1S/C22H33NO5S/c1-13(2)10-23(19-8-9-29(26,27)12-19)20(24)11-28-22(25)21-17(6)15(4)14(3)16(5)18(21)7/h13,19H,8-12H2,1-7H3/t19-/m1/s1. The topological polar surface area (TPSA) is 80.8 Å². The number of carbonyl (C=O) groups excluding carboxylic acids is 2. The number of nitrogens with zero attached hydrogens (tertiary/aromatic N) is 1. The Hall–Kier alpha value is -1.89. The molecule has 1 atom stereocenters. The highest BCUT2D eigenvalue weighted by atomic mass is 32.2. The lowest BCUT2D eigenvalue weighted by atomic mass is 9.90. The summed E-state index contributed by atoms with van der Waals surface area (Å²) in [4.78, 5) is 27.2. The van der Waals surface area contributed by atoms with Crippen molar-refractivity contribution in [2.75, 3.05) is 24.7 Å². The Morgan fingerprint density at radius 2 is 1.52 bits per heavy atom. The third-order valence-electron chi connectivity index (χ3n) is 6.06. The second-order valence-electron chi connectivity index (χ2n) is 8.57. The lowest BCUT2D eigenvalue weighted by Gasteiger charge is -2.29. The monoisotopic (exact) mass is 423 g/mol. The molecule has 0 bridgehead atoms. The molecule has 0 N–H and O–H groups in total. The summed E-state index contributed by atoms with van der Waals surface area (Å²) in [7, 11) is -3.11. The Kier molecular flexibility index (Phi) is 7.14. The van der Waals surface area contributed by atoms with Gasteiger partial charge in [0.25, 0.3) is 5.91 Å². The average Bonchev–Trinajstić information content (AvgIpc) is 3.00. The summed E-state index contributed by atoms with van der Waals surface area (Å²) < 4.78 is 29.1. The van der Waals surface area contributed by atoms with Crippen molar-refractivity contribution in [3.05, 3.63) is 33.4 Å². The molecule has 1 aromatic carbocycles. The normalized spacial score (nSPS) is 18.1. The van der Waals surface area contributed by atoms with Gasteiger partial charge in [0.1, 0.15) is 0 Å². The summed E-state index contributed by atoms with van der Waals surface area (Å²) in [5.74, 6) is -0.592. The van der Waals surface area contributed by atoms with Crippen LogP contribution in [0.5, 0.6) is 0 Å². The molecule has 1 aliphatic heterocycles. The van der Waals surface area contributed by atoms with Gasteiger partial charge >= 0.3 is 5.97 Å². The number of benzene rings is 1. The first kappa shape index (κ1) is 23.4. The van der Waals surface area contributed by atoms with E-state index in [0.717, 1.165) is 27.8 Å². The van der Waals surface area contributed by atoms with Gasteiger partial charge in [0.05, 0.1) is 17.1 Å². The van der Waals surface area contributed by atoms with Gasteiger partial charge in [-0.15, -0.1) is 0 Å². The van der Waals surface area contributed by atoms with Crippen LogP contribution >= 0.6 is 0 Å². The van der Waals surface area contributed by atoms with Crippen LogP contribution in [0.25, 0.3) is 0 Å². The zero-order valence-corrected chi connectivity index (χ0v) is 19.4. The number of carbonyl (C=O) groups is 2. The molecular formula is C22H33NO5S. The molecule has 0 aromatic heterocycles. The summed E-state index contributed by atoms with van der Waals surface area (Å²) in [6.45, 7) is 13.8. The molecule has 1 fully saturated rings. The molecule has 0 spiro atoms. The molecule has 1 amide bonds. The maximum absolute atomic E-state index is 12.8. The third kappa shape index (κ3) is 5.18. The van der Waals surface area contributed by atoms with Gasteiger partial charge < -0.3 is 9.64 Å². The van der Waals surface area contributed by atoms with Gasteiger partial charge in [-0.2, -0.15) is 0 Å². The Morgan fingerprint density at radius 3 is 1.97 bits per heavy atom. The van der Waals surface area contributed by atoms with Crippen LogP contribution in [-0.4, -0.2) is 55.9 Å². The van der Waals surface area contributed by atoms with E-state index in [1.54, 1.807) is 4.90 Å². The predicted molar refractivity (Wildman–Crippen MR) is 114 cm³/mol. The van der Waals surface area contributed by atoms with Gasteiger partial charge in [-0.05, 0) is 74.8 Å². The molecule has 7 heteroatoms. The van der Waals surface area contributed by atoms with Crippen LogP contribution in [0.4, 0.5) is 0 Å². The van der Waals surface area contributed by atoms with E-state index >= 15 is 0 Å². The van der Waals surface area contributed by atoms with Crippen molar-refractivity contribution in [3.63, 3.8) is 0 Å². The quantitative estimate of drug-likeness (QED) is 0.657. The Labute approximate surface area is 174 Å². The molecule has 6 nitrogen and oxygen atoms in total. The molecule has 1 saturated heterocycles. The van der Waals surface area contributed by atoms with Crippen LogP contribution < -0.4 is 0 Å². The average molecular weight is 424 g/mol. The van der Waals surface area contributed by atoms with E-state index in [2.05, 4.69) is 0 Å². The Morgan fingerprint density at radius 1 is 1.00 bits per heavy atom. The molecule has 0 radical (unpaired) electrons. The fourth-order valence-corrected chi connectivity index (χ4v) is 5.69. The van der Waals surface area contributed by atoms with Crippen molar-refractivity contribution < 1.29 is 22.7 Å². The fraction of sp³-hybridized carbons (Fsp3) is 0.636. The number of hydrogen-bond donors (Lipinski definition) is 0. The first-order valence-electron chi connectivity index (χ1n) is 10.1. The van der Waals surface area contributed by atoms with E-state index in [0.29, 0.717) is 18.5 Å². The van der Waals surface area contributed by atoms with Crippen LogP contribution in [0.2, 0.25) is 0 Å². The van der Waals surface area contributed by atoms with Crippen molar-refractivity contribution in [1.82, 2.24) is 4.90 Å². The van der Waals surface area contributed by atoms with Crippen molar-refractivity contribution in [1.29, 1.82) is 0 Å². The number of sulfone groups is 1. The minimum Gasteiger partial charge on any atom is -0.452 e. The molecule has 29 heavy (non-hydrogen) atoms. The third-order valence-corrected chi connectivity index (χ3v) is 7.81. The second-order valence-corrected chi connectivity index (χ2v) is 10.8. The minimum atomic E-state index is -3.11. The van der Waals surface area contributed by atoms with E-state index in [4.69, 9.17) is 4.74 Å². The molecule has 2 rings (SSSR count). The molecular weight excluding hydrogens is 390 g/mol. The number of esters is 1. The highest BCUT2D eigenvalue weighted by molar-refractivity contribution is 7.91. The zero-order valence-electron chi connectivity index (χ0n) is 18.6. The number of ether oxygens (including phenoxy) is 1. The van der Waals surface area contributed by atoms with E-state index < -0.39 is 15.8 Å². The Balaban J connectivity index is 2.17. The van der Waals surface area contributed by atoms with Gasteiger partial charge in [0.15, 0.2) is 16.4 Å². The smallest absolute Gasteiger partial charge is 0.339 e. The first-order chi connectivity index (χ1) is 13.4. The molecule has 1 aromatic rings. The van der Waals surface area contributed by atoms with Gasteiger partial charge in [-0.1, -0.05) is 13.8 Å². The van der Waals surface area contributed by atoms with Gasteiger partial charge in [-0.3, -0.25) is 4.79 Å². The fourth-order valence-electron chi connectivity index (χ4n) is 3.96. The van der Waals surface area contributed by atoms with Crippen molar-refractivity contribution in [2.24, 2.45) is 5.92 Å². The maximum Gasteiger partial charge on any atom is 0.339 e. The lowest BCUT2D eigenvalue weighted by molar-refractivity contribution is -0.137. The van der Waals surface area contributed by atoms with Gasteiger partial charge in [0, 0.05) is 12.6 Å². The van der Waals surface area contributed by atoms with Crippen LogP contribution in [-0.2, 0) is 19.4 Å². The van der Waals surface area contributed by atoms with E-state index in [1.165, 1.54) is 0 Å². The number of amides is 1. The van der Waals surface area contributed by atoms with Crippen LogP contribution in [0.15, 0.2) is 0 Å². The van der Waals surface area contributed by atoms with Crippen molar-refractivity contribution >= 4 is 21.7 Å². The van der Waals surface area contributed by atoms with Crippen LogP contribution in [0, 0.1) is 40.5 Å². The molecule has 0 unspecified atom stereocenters. The Bertz CT molecular complexity index is 889. The van der Waals surface area contributed by atoms with Crippen molar-refractivity contribution in [2.45, 2.75) is 60.9 Å². The van der Waals surface area contributed by atoms with Gasteiger partial charge in [-0.25, -0.2) is 13.2 Å². The molecule has 0 saturated carbocycles. The number of hydrogen-bond acceptors (Lipinski definition) is 5. The highest BCUT2D eigenvalue weighted by Gasteiger charge is 2.35. The molecule has 0 aliphatic carbocycles. The summed E-state index contributed by atoms with van der Waals surface area (Å²) in [5.41, 5.74) is 5.48.